The number of benzene rings is 2. The van der Waals surface area contributed by atoms with Gasteiger partial charge in [0.25, 0.3) is 5.91 Å². The van der Waals surface area contributed by atoms with Gasteiger partial charge in [-0.05, 0) is 38.1 Å². The number of nitrogens with zero attached hydrogens (tertiary/aromatic N) is 2. The predicted octanol–water partition coefficient (Wildman–Crippen LogP) is 4.34. The molecular formula is C19H17ClN2O2. The van der Waals surface area contributed by atoms with E-state index >= 15 is 0 Å². The normalized spacial score (nSPS) is 20.2. The Labute approximate surface area is 145 Å². The number of hydrazone groups is 1. The summed E-state index contributed by atoms with van der Waals surface area (Å²) < 4.78 is 0. The maximum atomic E-state index is 12.9. The van der Waals surface area contributed by atoms with Crippen molar-refractivity contribution in [3.63, 3.8) is 0 Å². The van der Waals surface area contributed by atoms with Crippen molar-refractivity contribution in [2.75, 3.05) is 5.01 Å². The lowest BCUT2D eigenvalue weighted by Gasteiger charge is -2.23. The van der Waals surface area contributed by atoms with Gasteiger partial charge in [-0.2, -0.15) is 10.1 Å². The molecule has 0 bridgehead atoms. The monoisotopic (exact) mass is 340 g/mol. The third kappa shape index (κ3) is 2.85. The van der Waals surface area contributed by atoms with Gasteiger partial charge in [-0.1, -0.05) is 41.9 Å². The SMILES string of the molecule is CC1=NN(c2ccccc2)C(=O)C1(C)CC(=O)c1cccc(Cl)c1. The van der Waals surface area contributed by atoms with E-state index < -0.39 is 5.41 Å². The van der Waals surface area contributed by atoms with Crippen molar-refractivity contribution in [3.05, 3.63) is 65.2 Å². The molecule has 5 heteroatoms. The van der Waals surface area contributed by atoms with Crippen LogP contribution in [0, 0.1) is 5.41 Å². The second-order valence-electron chi connectivity index (χ2n) is 6.08. The van der Waals surface area contributed by atoms with Crippen LogP contribution in [0.25, 0.3) is 0 Å². The van der Waals surface area contributed by atoms with E-state index in [1.165, 1.54) is 5.01 Å². The van der Waals surface area contributed by atoms with E-state index in [0.29, 0.717) is 22.0 Å². The lowest BCUT2D eigenvalue weighted by molar-refractivity contribution is -0.123. The molecule has 2 aromatic rings. The summed E-state index contributed by atoms with van der Waals surface area (Å²) in [6, 6.07) is 16.0. The zero-order chi connectivity index (χ0) is 17.3. The molecule has 0 saturated carbocycles. The van der Waals surface area contributed by atoms with E-state index in [4.69, 9.17) is 11.6 Å². The molecule has 4 nitrogen and oxygen atoms in total. The highest BCUT2D eigenvalue weighted by molar-refractivity contribution is 6.31. The van der Waals surface area contributed by atoms with Gasteiger partial charge in [0.15, 0.2) is 5.78 Å². The quantitative estimate of drug-likeness (QED) is 0.777. The summed E-state index contributed by atoms with van der Waals surface area (Å²) in [4.78, 5) is 25.5. The third-order valence-corrected chi connectivity index (χ3v) is 4.61. The average molecular weight is 341 g/mol. The Morgan fingerprint density at radius 2 is 1.88 bits per heavy atom. The minimum atomic E-state index is -0.949. The highest BCUT2D eigenvalue weighted by Crippen LogP contribution is 2.36. The molecule has 0 saturated heterocycles. The van der Waals surface area contributed by atoms with Crippen molar-refractivity contribution in [1.29, 1.82) is 0 Å². The van der Waals surface area contributed by atoms with Crippen molar-refractivity contribution < 1.29 is 9.59 Å². The largest absolute Gasteiger partial charge is 0.294 e. The summed E-state index contributed by atoms with van der Waals surface area (Å²) in [5.41, 5.74) is 0.880. The molecule has 0 spiro atoms. The summed E-state index contributed by atoms with van der Waals surface area (Å²) in [5, 5.41) is 6.26. The van der Waals surface area contributed by atoms with Gasteiger partial charge in [0.1, 0.15) is 0 Å². The number of carbonyl (C=O) groups excluding carboxylic acids is 2. The van der Waals surface area contributed by atoms with Gasteiger partial charge in [0, 0.05) is 17.0 Å². The highest BCUT2D eigenvalue weighted by Gasteiger charge is 2.47. The van der Waals surface area contributed by atoms with Crippen molar-refractivity contribution >= 4 is 34.7 Å². The molecule has 24 heavy (non-hydrogen) atoms. The number of hydrogen-bond donors (Lipinski definition) is 0. The number of para-hydroxylation sites is 1. The molecule has 0 fully saturated rings. The van der Waals surface area contributed by atoms with Crippen LogP contribution in [0.1, 0.15) is 30.6 Å². The lowest BCUT2D eigenvalue weighted by atomic mass is 9.79. The first-order chi connectivity index (χ1) is 11.4. The van der Waals surface area contributed by atoms with Crippen LogP contribution < -0.4 is 5.01 Å². The van der Waals surface area contributed by atoms with Crippen LogP contribution in [-0.4, -0.2) is 17.4 Å². The number of amides is 1. The molecule has 0 aliphatic carbocycles. The van der Waals surface area contributed by atoms with Crippen molar-refractivity contribution in [2.45, 2.75) is 20.3 Å². The smallest absolute Gasteiger partial charge is 0.259 e. The summed E-state index contributed by atoms with van der Waals surface area (Å²) in [6.45, 7) is 3.55. The fraction of sp³-hybridized carbons (Fsp3) is 0.211. The van der Waals surface area contributed by atoms with Gasteiger partial charge in [-0.25, -0.2) is 0 Å². The number of Topliss-reactive ketones (excluding diaryl/α,β-unsaturated/α-hetero) is 1. The van der Waals surface area contributed by atoms with E-state index in [-0.39, 0.29) is 18.1 Å². The summed E-state index contributed by atoms with van der Waals surface area (Å²) >= 11 is 5.95. The fourth-order valence-electron chi connectivity index (χ4n) is 2.73. The predicted molar refractivity (Wildman–Crippen MR) is 95.5 cm³/mol. The average Bonchev–Trinajstić information content (AvgIpc) is 2.80. The molecule has 0 N–H and O–H groups in total. The van der Waals surface area contributed by atoms with Gasteiger partial charge >= 0.3 is 0 Å². The molecular weight excluding hydrogens is 324 g/mol. The van der Waals surface area contributed by atoms with Crippen LogP contribution >= 0.6 is 11.6 Å². The maximum absolute atomic E-state index is 12.9. The number of hydrogen-bond acceptors (Lipinski definition) is 3. The van der Waals surface area contributed by atoms with E-state index in [9.17, 15) is 9.59 Å². The second kappa shape index (κ2) is 6.21. The number of halogens is 1. The number of rotatable bonds is 4. The van der Waals surface area contributed by atoms with Gasteiger partial charge < -0.3 is 0 Å². The molecule has 1 atom stereocenters. The molecule has 1 aliphatic heterocycles. The van der Waals surface area contributed by atoms with E-state index in [0.717, 1.165) is 0 Å². The van der Waals surface area contributed by atoms with Crippen LogP contribution in [-0.2, 0) is 4.79 Å². The molecule has 122 valence electrons. The summed E-state index contributed by atoms with van der Waals surface area (Å²) in [6.07, 6.45) is 0.0604. The van der Waals surface area contributed by atoms with E-state index in [2.05, 4.69) is 5.10 Å². The Bertz CT molecular complexity index is 832. The molecule has 2 aromatic carbocycles. The van der Waals surface area contributed by atoms with Gasteiger partial charge in [0.2, 0.25) is 0 Å². The van der Waals surface area contributed by atoms with Crippen LogP contribution in [0.3, 0.4) is 0 Å². The minimum absolute atomic E-state index is 0.0604. The topological polar surface area (TPSA) is 49.7 Å². The Kier molecular flexibility index (Phi) is 4.24. The zero-order valence-corrected chi connectivity index (χ0v) is 14.2. The third-order valence-electron chi connectivity index (χ3n) is 4.37. The molecule has 1 heterocycles. The molecule has 1 amide bonds. The Morgan fingerprint density at radius 1 is 1.17 bits per heavy atom. The highest BCUT2D eigenvalue weighted by atomic mass is 35.5. The van der Waals surface area contributed by atoms with Crippen LogP contribution in [0.2, 0.25) is 5.02 Å². The molecule has 1 unspecified atom stereocenters. The van der Waals surface area contributed by atoms with Gasteiger partial charge in [-0.15, -0.1) is 0 Å². The van der Waals surface area contributed by atoms with Crippen molar-refractivity contribution in [1.82, 2.24) is 0 Å². The number of anilines is 1. The lowest BCUT2D eigenvalue weighted by Crippen LogP contribution is -2.38. The number of carbonyl (C=O) groups is 2. The first-order valence-electron chi connectivity index (χ1n) is 7.66. The van der Waals surface area contributed by atoms with Crippen LogP contribution in [0.15, 0.2) is 59.7 Å². The van der Waals surface area contributed by atoms with E-state index in [1.807, 2.05) is 30.3 Å². The summed E-state index contributed by atoms with van der Waals surface area (Å²) in [7, 11) is 0. The Balaban J connectivity index is 1.87. The summed E-state index contributed by atoms with van der Waals surface area (Å²) in [5.74, 6) is -0.320. The zero-order valence-electron chi connectivity index (χ0n) is 13.5. The Hall–Kier alpha value is -2.46. The van der Waals surface area contributed by atoms with Gasteiger partial charge in [-0.3, -0.25) is 9.59 Å². The standard InChI is InChI=1S/C19H17ClN2O2/c1-13-19(2,12-17(23)14-7-6-8-15(20)11-14)18(24)22(21-13)16-9-4-3-5-10-16/h3-11H,12H2,1-2H3. The second-order valence-corrected chi connectivity index (χ2v) is 6.52. The first-order valence-corrected chi connectivity index (χ1v) is 8.04. The van der Waals surface area contributed by atoms with Crippen LogP contribution in [0.5, 0.6) is 0 Å². The van der Waals surface area contributed by atoms with Crippen molar-refractivity contribution in [3.8, 4) is 0 Å². The number of ketones is 1. The Morgan fingerprint density at radius 3 is 2.54 bits per heavy atom. The van der Waals surface area contributed by atoms with Crippen molar-refractivity contribution in [2.24, 2.45) is 10.5 Å². The molecule has 1 aliphatic rings. The van der Waals surface area contributed by atoms with Crippen LogP contribution in [0.4, 0.5) is 5.69 Å². The van der Waals surface area contributed by atoms with E-state index in [1.54, 1.807) is 38.1 Å². The molecule has 0 aromatic heterocycles. The first kappa shape index (κ1) is 16.4. The molecule has 3 rings (SSSR count). The fourth-order valence-corrected chi connectivity index (χ4v) is 2.92. The minimum Gasteiger partial charge on any atom is -0.294 e. The van der Waals surface area contributed by atoms with Gasteiger partial charge in [0.05, 0.1) is 16.8 Å². The molecule has 0 radical (unpaired) electrons. The maximum Gasteiger partial charge on any atom is 0.259 e.